The van der Waals surface area contributed by atoms with Crippen molar-refractivity contribution < 1.29 is 13.2 Å². The largest absolute Gasteiger partial charge is 0.416 e. The highest BCUT2D eigenvalue weighted by Crippen LogP contribution is 2.30. The fraction of sp³-hybridized carbons (Fsp3) is 0.353. The van der Waals surface area contributed by atoms with Crippen molar-refractivity contribution in [3.63, 3.8) is 0 Å². The second-order valence-electron chi connectivity index (χ2n) is 5.67. The monoisotopic (exact) mass is 321 g/mol. The Morgan fingerprint density at radius 3 is 2.43 bits per heavy atom. The maximum atomic E-state index is 12.6. The Balaban J connectivity index is 1.75. The molecule has 2 heterocycles. The Hall–Kier alpha value is -1.92. The van der Waals surface area contributed by atoms with Crippen LogP contribution in [0.1, 0.15) is 22.7 Å². The molecule has 1 fully saturated rings. The molecule has 1 aliphatic heterocycles. The summed E-state index contributed by atoms with van der Waals surface area (Å²) in [6.45, 7) is 3.19. The Morgan fingerprint density at radius 1 is 1.09 bits per heavy atom. The van der Waals surface area contributed by atoms with E-state index in [4.69, 9.17) is 0 Å². The number of alkyl halides is 3. The molecule has 0 radical (unpaired) electrons. The van der Waals surface area contributed by atoms with E-state index in [1.165, 1.54) is 5.56 Å². The second-order valence-corrected chi connectivity index (χ2v) is 5.67. The standard InChI is InChI=1S/C17H18F3N3/c18-17(19,20)15-3-1-13(2-4-15)12-23-10-9-22-11-16(23)14-5-7-21-8-6-14/h1-8,16,22H,9-12H2. The summed E-state index contributed by atoms with van der Waals surface area (Å²) < 4.78 is 37.9. The average Bonchev–Trinajstić information content (AvgIpc) is 2.56. The van der Waals surface area contributed by atoms with Gasteiger partial charge in [-0.15, -0.1) is 0 Å². The smallest absolute Gasteiger partial charge is 0.314 e. The summed E-state index contributed by atoms with van der Waals surface area (Å²) in [5.74, 6) is 0. The van der Waals surface area contributed by atoms with E-state index in [0.717, 1.165) is 37.3 Å². The maximum Gasteiger partial charge on any atom is 0.416 e. The third-order valence-electron chi connectivity index (χ3n) is 4.11. The first-order valence-corrected chi connectivity index (χ1v) is 7.55. The minimum absolute atomic E-state index is 0.203. The predicted octanol–water partition coefficient (Wildman–Crippen LogP) is 3.25. The molecule has 6 heteroatoms. The van der Waals surface area contributed by atoms with Crippen LogP contribution in [0.15, 0.2) is 48.8 Å². The van der Waals surface area contributed by atoms with Gasteiger partial charge in [-0.05, 0) is 35.4 Å². The number of hydrogen-bond acceptors (Lipinski definition) is 3. The lowest BCUT2D eigenvalue weighted by Crippen LogP contribution is -2.45. The van der Waals surface area contributed by atoms with E-state index in [1.54, 1.807) is 24.5 Å². The number of nitrogens with zero attached hydrogens (tertiary/aromatic N) is 2. The quantitative estimate of drug-likeness (QED) is 0.941. The number of nitrogens with one attached hydrogen (secondary N) is 1. The van der Waals surface area contributed by atoms with Gasteiger partial charge < -0.3 is 5.32 Å². The van der Waals surface area contributed by atoms with Crippen molar-refractivity contribution in [2.24, 2.45) is 0 Å². The first-order valence-electron chi connectivity index (χ1n) is 7.55. The van der Waals surface area contributed by atoms with Crippen LogP contribution in [0.2, 0.25) is 0 Å². The van der Waals surface area contributed by atoms with E-state index in [0.29, 0.717) is 6.54 Å². The van der Waals surface area contributed by atoms with Gasteiger partial charge in [0.25, 0.3) is 0 Å². The molecule has 122 valence electrons. The van der Waals surface area contributed by atoms with Crippen LogP contribution in [0.4, 0.5) is 13.2 Å². The number of halogens is 3. The molecule has 0 amide bonds. The zero-order valence-corrected chi connectivity index (χ0v) is 12.6. The molecule has 2 aromatic rings. The molecule has 0 aliphatic carbocycles. The number of benzene rings is 1. The highest BCUT2D eigenvalue weighted by Gasteiger charge is 2.30. The molecule has 1 saturated heterocycles. The molecule has 23 heavy (non-hydrogen) atoms. The van der Waals surface area contributed by atoms with Crippen molar-refractivity contribution in [2.75, 3.05) is 19.6 Å². The highest BCUT2D eigenvalue weighted by atomic mass is 19.4. The summed E-state index contributed by atoms with van der Waals surface area (Å²) in [6, 6.07) is 9.60. The van der Waals surface area contributed by atoms with E-state index in [9.17, 15) is 13.2 Å². The molecule has 3 nitrogen and oxygen atoms in total. The van der Waals surface area contributed by atoms with Crippen molar-refractivity contribution >= 4 is 0 Å². The molecule has 1 aromatic heterocycles. The Kier molecular flexibility index (Phi) is 4.63. The fourth-order valence-corrected chi connectivity index (χ4v) is 2.88. The van der Waals surface area contributed by atoms with Crippen molar-refractivity contribution in [1.29, 1.82) is 0 Å². The Bertz CT molecular complexity index is 626. The zero-order chi connectivity index (χ0) is 16.3. The summed E-state index contributed by atoms with van der Waals surface area (Å²) >= 11 is 0. The molecule has 1 aliphatic rings. The maximum absolute atomic E-state index is 12.6. The van der Waals surface area contributed by atoms with Gasteiger partial charge in [-0.3, -0.25) is 9.88 Å². The average molecular weight is 321 g/mol. The Morgan fingerprint density at radius 2 is 1.78 bits per heavy atom. The van der Waals surface area contributed by atoms with E-state index < -0.39 is 11.7 Å². The van der Waals surface area contributed by atoms with E-state index in [-0.39, 0.29) is 6.04 Å². The van der Waals surface area contributed by atoms with Crippen LogP contribution in [0, 0.1) is 0 Å². The third-order valence-corrected chi connectivity index (χ3v) is 4.11. The summed E-state index contributed by atoms with van der Waals surface area (Å²) in [5.41, 5.74) is 1.45. The zero-order valence-electron chi connectivity index (χ0n) is 12.6. The normalized spacial score (nSPS) is 19.7. The molecule has 3 rings (SSSR count). The number of rotatable bonds is 3. The van der Waals surface area contributed by atoms with E-state index in [2.05, 4.69) is 15.2 Å². The number of aromatic nitrogens is 1. The van der Waals surface area contributed by atoms with Crippen molar-refractivity contribution in [1.82, 2.24) is 15.2 Å². The minimum Gasteiger partial charge on any atom is -0.314 e. The van der Waals surface area contributed by atoms with Gasteiger partial charge in [-0.1, -0.05) is 12.1 Å². The fourth-order valence-electron chi connectivity index (χ4n) is 2.88. The van der Waals surface area contributed by atoms with Crippen LogP contribution in [0.3, 0.4) is 0 Å². The Labute approximate surface area is 133 Å². The lowest BCUT2D eigenvalue weighted by molar-refractivity contribution is -0.137. The summed E-state index contributed by atoms with van der Waals surface area (Å²) in [4.78, 5) is 6.32. The van der Waals surface area contributed by atoms with Gasteiger partial charge in [0, 0.05) is 44.6 Å². The number of piperazine rings is 1. The van der Waals surface area contributed by atoms with Crippen molar-refractivity contribution in [2.45, 2.75) is 18.8 Å². The molecule has 1 unspecified atom stereocenters. The van der Waals surface area contributed by atoms with Gasteiger partial charge in [-0.25, -0.2) is 0 Å². The molecule has 0 bridgehead atoms. The molecule has 1 aromatic carbocycles. The van der Waals surface area contributed by atoms with Gasteiger partial charge in [0.15, 0.2) is 0 Å². The first kappa shape index (κ1) is 16.0. The van der Waals surface area contributed by atoms with Crippen molar-refractivity contribution in [3.8, 4) is 0 Å². The molecule has 1 N–H and O–H groups in total. The van der Waals surface area contributed by atoms with Gasteiger partial charge in [0.05, 0.1) is 5.56 Å². The third kappa shape index (κ3) is 3.89. The lowest BCUT2D eigenvalue weighted by Gasteiger charge is -2.36. The van der Waals surface area contributed by atoms with Gasteiger partial charge >= 0.3 is 6.18 Å². The summed E-state index contributed by atoms with van der Waals surface area (Å²) in [7, 11) is 0. The van der Waals surface area contributed by atoms with Gasteiger partial charge in [-0.2, -0.15) is 13.2 Å². The van der Waals surface area contributed by atoms with E-state index >= 15 is 0 Å². The van der Waals surface area contributed by atoms with Crippen LogP contribution in [0.5, 0.6) is 0 Å². The molecular formula is C17H18F3N3. The summed E-state index contributed by atoms with van der Waals surface area (Å²) in [5, 5.41) is 3.37. The topological polar surface area (TPSA) is 28.2 Å². The van der Waals surface area contributed by atoms with Gasteiger partial charge in [0.1, 0.15) is 0 Å². The number of hydrogen-bond donors (Lipinski definition) is 1. The molecule has 0 saturated carbocycles. The second kappa shape index (κ2) is 6.68. The highest BCUT2D eigenvalue weighted by molar-refractivity contribution is 5.25. The summed E-state index contributed by atoms with van der Waals surface area (Å²) in [6.07, 6.45) is -0.756. The van der Waals surface area contributed by atoms with Crippen molar-refractivity contribution in [3.05, 3.63) is 65.5 Å². The van der Waals surface area contributed by atoms with Gasteiger partial charge in [0.2, 0.25) is 0 Å². The van der Waals surface area contributed by atoms with Crippen LogP contribution in [-0.4, -0.2) is 29.5 Å². The molecular weight excluding hydrogens is 303 g/mol. The first-order chi connectivity index (χ1) is 11.0. The van der Waals surface area contributed by atoms with E-state index in [1.807, 2.05) is 12.1 Å². The van der Waals surface area contributed by atoms with Crippen LogP contribution >= 0.6 is 0 Å². The van der Waals surface area contributed by atoms with Crippen LogP contribution < -0.4 is 5.32 Å². The van der Waals surface area contributed by atoms with Crippen LogP contribution in [-0.2, 0) is 12.7 Å². The SMILES string of the molecule is FC(F)(F)c1ccc(CN2CCNCC2c2ccncc2)cc1. The number of pyridine rings is 1. The molecule has 1 atom stereocenters. The van der Waals surface area contributed by atoms with Crippen LogP contribution in [0.25, 0.3) is 0 Å². The minimum atomic E-state index is -4.28. The predicted molar refractivity (Wildman–Crippen MR) is 81.7 cm³/mol. The lowest BCUT2D eigenvalue weighted by atomic mass is 10.0. The molecule has 0 spiro atoms.